The summed E-state index contributed by atoms with van der Waals surface area (Å²) in [6.45, 7) is 4.03. The van der Waals surface area contributed by atoms with E-state index in [2.05, 4.69) is 26.3 Å². The second-order valence-electron chi connectivity index (χ2n) is 7.89. The molecule has 1 aliphatic rings. The van der Waals surface area contributed by atoms with E-state index in [1.165, 1.54) is 11.1 Å². The van der Waals surface area contributed by atoms with E-state index < -0.39 is 0 Å². The van der Waals surface area contributed by atoms with Gasteiger partial charge in [-0.3, -0.25) is 9.78 Å². The van der Waals surface area contributed by atoms with E-state index in [4.69, 9.17) is 9.47 Å². The molecule has 3 aromatic rings. The van der Waals surface area contributed by atoms with Crippen LogP contribution in [0.15, 0.2) is 49.1 Å². The quantitative estimate of drug-likeness (QED) is 0.658. The van der Waals surface area contributed by atoms with Crippen LogP contribution in [0.1, 0.15) is 41.8 Å². The van der Waals surface area contributed by atoms with Gasteiger partial charge in [-0.25, -0.2) is 9.97 Å². The van der Waals surface area contributed by atoms with E-state index in [9.17, 15) is 4.79 Å². The highest BCUT2D eigenvalue weighted by atomic mass is 16.5. The first-order chi connectivity index (χ1) is 15.0. The van der Waals surface area contributed by atoms with Crippen LogP contribution in [-0.4, -0.2) is 40.1 Å². The van der Waals surface area contributed by atoms with Crippen LogP contribution in [0, 0.1) is 0 Å². The number of methoxy groups -OCH3 is 1. The fourth-order valence-corrected chi connectivity index (χ4v) is 3.89. The molecule has 0 spiro atoms. The molecule has 160 valence electrons. The Morgan fingerprint density at radius 1 is 1.19 bits per heavy atom. The molecule has 1 amide bonds. The van der Waals surface area contributed by atoms with Crippen molar-refractivity contribution < 1.29 is 14.3 Å². The largest absolute Gasteiger partial charge is 0.491 e. The maximum atomic E-state index is 12.6. The Morgan fingerprint density at radius 2 is 2.00 bits per heavy atom. The first kappa shape index (κ1) is 20.8. The van der Waals surface area contributed by atoms with Crippen LogP contribution in [-0.2, 0) is 12.8 Å². The summed E-state index contributed by atoms with van der Waals surface area (Å²) >= 11 is 0. The molecule has 1 aliphatic carbocycles. The SMILES string of the molecule is COc1ncc(-c2cc(OC(C)C)cc3c2C[C@H](NC(=O)c2cccnc2)CC3)cn1. The van der Waals surface area contributed by atoms with Crippen LogP contribution in [0.4, 0.5) is 0 Å². The number of aryl methyl sites for hydroxylation is 1. The van der Waals surface area contributed by atoms with Gasteiger partial charge in [0.05, 0.1) is 18.8 Å². The highest BCUT2D eigenvalue weighted by molar-refractivity contribution is 5.94. The average Bonchev–Trinajstić information content (AvgIpc) is 2.79. The highest BCUT2D eigenvalue weighted by Gasteiger charge is 2.25. The van der Waals surface area contributed by atoms with Gasteiger partial charge in [0.25, 0.3) is 5.91 Å². The molecule has 2 aromatic heterocycles. The van der Waals surface area contributed by atoms with E-state index in [0.717, 1.165) is 36.1 Å². The number of nitrogens with zero attached hydrogens (tertiary/aromatic N) is 3. The number of aromatic nitrogens is 3. The van der Waals surface area contributed by atoms with Crippen molar-refractivity contribution in [1.82, 2.24) is 20.3 Å². The Morgan fingerprint density at radius 3 is 2.68 bits per heavy atom. The molecule has 0 unspecified atom stereocenters. The summed E-state index contributed by atoms with van der Waals surface area (Å²) in [5, 5.41) is 3.16. The molecule has 0 saturated heterocycles. The van der Waals surface area contributed by atoms with Crippen molar-refractivity contribution in [2.75, 3.05) is 7.11 Å². The Bertz CT molecular complexity index is 1050. The standard InChI is InChI=1S/C24H26N4O3/c1-15(2)31-20-9-16-6-7-19(28-23(29)17-5-4-8-25-12-17)10-21(16)22(11-20)18-13-26-24(30-3)27-14-18/h4-5,8-9,11-15,19H,6-7,10H2,1-3H3,(H,28,29)/t19-/m1/s1. The lowest BCUT2D eigenvalue weighted by Gasteiger charge is -2.28. The molecule has 7 heteroatoms. The zero-order chi connectivity index (χ0) is 21.8. The van der Waals surface area contributed by atoms with E-state index in [1.807, 2.05) is 19.9 Å². The van der Waals surface area contributed by atoms with Gasteiger partial charge in [0.15, 0.2) is 0 Å². The van der Waals surface area contributed by atoms with Crippen LogP contribution < -0.4 is 14.8 Å². The number of fused-ring (bicyclic) bond motifs is 1. The van der Waals surface area contributed by atoms with Gasteiger partial charge in [0, 0.05) is 36.4 Å². The summed E-state index contributed by atoms with van der Waals surface area (Å²) in [6.07, 6.45) is 9.29. The predicted octanol–water partition coefficient (Wildman–Crippen LogP) is 3.62. The molecular weight excluding hydrogens is 392 g/mol. The molecule has 7 nitrogen and oxygen atoms in total. The summed E-state index contributed by atoms with van der Waals surface area (Å²) in [5.74, 6) is 0.730. The van der Waals surface area contributed by atoms with Gasteiger partial charge in [0.1, 0.15) is 5.75 Å². The number of hydrogen-bond donors (Lipinski definition) is 1. The van der Waals surface area contributed by atoms with Crippen molar-refractivity contribution in [3.05, 3.63) is 65.7 Å². The molecule has 0 fully saturated rings. The third-order valence-corrected chi connectivity index (χ3v) is 5.28. The fourth-order valence-electron chi connectivity index (χ4n) is 3.89. The van der Waals surface area contributed by atoms with E-state index in [-0.39, 0.29) is 18.1 Å². The molecule has 2 heterocycles. The molecular formula is C24H26N4O3. The smallest absolute Gasteiger partial charge is 0.316 e. The van der Waals surface area contributed by atoms with Crippen LogP contribution in [0.5, 0.6) is 11.8 Å². The van der Waals surface area contributed by atoms with Crippen molar-refractivity contribution in [2.24, 2.45) is 0 Å². The first-order valence-electron chi connectivity index (χ1n) is 10.4. The summed E-state index contributed by atoms with van der Waals surface area (Å²) in [5.41, 5.74) is 4.91. The van der Waals surface area contributed by atoms with Crippen LogP contribution in [0.3, 0.4) is 0 Å². The molecule has 1 N–H and O–H groups in total. The van der Waals surface area contributed by atoms with Gasteiger partial charge in [0.2, 0.25) is 0 Å². The van der Waals surface area contributed by atoms with Crippen molar-refractivity contribution in [3.8, 4) is 22.9 Å². The molecule has 31 heavy (non-hydrogen) atoms. The van der Waals surface area contributed by atoms with Crippen molar-refractivity contribution in [1.29, 1.82) is 0 Å². The van der Waals surface area contributed by atoms with Gasteiger partial charge in [-0.15, -0.1) is 0 Å². The Labute approximate surface area is 181 Å². The molecule has 1 aromatic carbocycles. The van der Waals surface area contributed by atoms with Crippen LogP contribution in [0.25, 0.3) is 11.1 Å². The second-order valence-corrected chi connectivity index (χ2v) is 7.89. The lowest BCUT2D eigenvalue weighted by Crippen LogP contribution is -2.39. The highest BCUT2D eigenvalue weighted by Crippen LogP contribution is 2.35. The fraction of sp³-hybridized carbons (Fsp3) is 0.333. The van der Waals surface area contributed by atoms with Crippen molar-refractivity contribution >= 4 is 5.91 Å². The van der Waals surface area contributed by atoms with E-state index in [0.29, 0.717) is 11.6 Å². The Hall–Kier alpha value is -3.48. The van der Waals surface area contributed by atoms with Gasteiger partial charge in [-0.05, 0) is 74.1 Å². The van der Waals surface area contributed by atoms with Crippen LogP contribution in [0.2, 0.25) is 0 Å². The number of ether oxygens (including phenoxy) is 2. The lowest BCUT2D eigenvalue weighted by molar-refractivity contribution is 0.0933. The molecule has 0 aliphatic heterocycles. The van der Waals surface area contributed by atoms with Crippen molar-refractivity contribution in [3.63, 3.8) is 0 Å². The van der Waals surface area contributed by atoms with E-state index in [1.54, 1.807) is 44.0 Å². The number of pyridine rings is 1. The molecule has 0 saturated carbocycles. The molecule has 0 radical (unpaired) electrons. The van der Waals surface area contributed by atoms with Gasteiger partial charge in [-0.1, -0.05) is 0 Å². The molecule has 1 atom stereocenters. The Balaban J connectivity index is 1.64. The summed E-state index contributed by atoms with van der Waals surface area (Å²) in [7, 11) is 1.55. The predicted molar refractivity (Wildman–Crippen MR) is 117 cm³/mol. The lowest BCUT2D eigenvalue weighted by atomic mass is 9.83. The maximum absolute atomic E-state index is 12.6. The van der Waals surface area contributed by atoms with E-state index >= 15 is 0 Å². The molecule has 0 bridgehead atoms. The number of carbonyl (C=O) groups is 1. The maximum Gasteiger partial charge on any atom is 0.316 e. The van der Waals surface area contributed by atoms with Crippen LogP contribution >= 0.6 is 0 Å². The summed E-state index contributed by atoms with van der Waals surface area (Å²) < 4.78 is 11.1. The first-order valence-corrected chi connectivity index (χ1v) is 10.4. The molecule has 4 rings (SSSR count). The van der Waals surface area contributed by atoms with Gasteiger partial charge in [-0.2, -0.15) is 0 Å². The minimum absolute atomic E-state index is 0.0370. The Kier molecular flexibility index (Phi) is 6.11. The zero-order valence-electron chi connectivity index (χ0n) is 18.0. The topological polar surface area (TPSA) is 86.2 Å². The van der Waals surface area contributed by atoms with Gasteiger partial charge < -0.3 is 14.8 Å². The summed E-state index contributed by atoms with van der Waals surface area (Å²) in [6, 6.07) is 8.05. The number of amides is 1. The number of nitrogens with one attached hydrogen (secondary N) is 1. The second kappa shape index (κ2) is 9.12. The minimum atomic E-state index is -0.101. The number of rotatable bonds is 6. The normalized spacial score (nSPS) is 15.3. The average molecular weight is 418 g/mol. The minimum Gasteiger partial charge on any atom is -0.491 e. The number of benzene rings is 1. The third kappa shape index (κ3) is 4.82. The zero-order valence-corrected chi connectivity index (χ0v) is 18.0. The van der Waals surface area contributed by atoms with Crippen molar-refractivity contribution in [2.45, 2.75) is 45.3 Å². The summed E-state index contributed by atoms with van der Waals surface area (Å²) in [4.78, 5) is 25.2. The monoisotopic (exact) mass is 418 g/mol. The number of hydrogen-bond acceptors (Lipinski definition) is 6. The van der Waals surface area contributed by atoms with Gasteiger partial charge >= 0.3 is 6.01 Å². The number of carbonyl (C=O) groups excluding carboxylic acids is 1. The third-order valence-electron chi connectivity index (χ3n) is 5.28.